The van der Waals surface area contributed by atoms with E-state index in [4.69, 9.17) is 5.11 Å². The van der Waals surface area contributed by atoms with Gasteiger partial charge in [-0.3, -0.25) is 0 Å². The molecule has 0 unspecified atom stereocenters. The minimum Gasteiger partial charge on any atom is -0.400 e. The normalized spacial score (nSPS) is 19.6. The second kappa shape index (κ2) is 5.16. The van der Waals surface area contributed by atoms with E-state index in [9.17, 15) is 0 Å². The highest BCUT2D eigenvalue weighted by molar-refractivity contribution is 6.77. The monoisotopic (exact) mass is 200 g/mol. The van der Waals surface area contributed by atoms with E-state index in [2.05, 4.69) is 13.1 Å². The predicted octanol–water partition coefficient (Wildman–Crippen LogP) is 3.20. The van der Waals surface area contributed by atoms with Crippen LogP contribution in [0.25, 0.3) is 0 Å². The molecule has 1 N–H and O–H groups in total. The summed E-state index contributed by atoms with van der Waals surface area (Å²) in [6.07, 6.45) is 9.14. The molecule has 0 aromatic heterocycles. The first-order chi connectivity index (χ1) is 6.14. The SMILES string of the molecule is C[Si](C)(CO)CCCC1CCCC1. The molecule has 0 atom stereocenters. The van der Waals surface area contributed by atoms with Gasteiger partial charge in [-0.2, -0.15) is 0 Å². The van der Waals surface area contributed by atoms with Crippen molar-refractivity contribution in [2.24, 2.45) is 5.92 Å². The van der Waals surface area contributed by atoms with E-state index in [1.54, 1.807) is 0 Å². The van der Waals surface area contributed by atoms with Gasteiger partial charge in [0.2, 0.25) is 0 Å². The highest BCUT2D eigenvalue weighted by Gasteiger charge is 2.20. The average molecular weight is 200 g/mol. The van der Waals surface area contributed by atoms with Crippen molar-refractivity contribution in [2.75, 3.05) is 6.23 Å². The third-order valence-corrected chi connectivity index (χ3v) is 5.93. The van der Waals surface area contributed by atoms with Crippen LogP contribution in [0.5, 0.6) is 0 Å². The molecule has 1 aliphatic carbocycles. The summed E-state index contributed by atoms with van der Waals surface area (Å²) in [5, 5.41) is 9.15. The standard InChI is InChI=1S/C11H24OSi/c1-13(2,10-12)9-5-8-11-6-3-4-7-11/h11-12H,3-10H2,1-2H3. The molecule has 1 aliphatic rings. The van der Waals surface area contributed by atoms with E-state index < -0.39 is 8.07 Å². The Balaban J connectivity index is 2.06. The van der Waals surface area contributed by atoms with Crippen LogP contribution in [-0.4, -0.2) is 19.4 Å². The Bertz CT molecular complexity index is 139. The molecule has 1 rings (SSSR count). The van der Waals surface area contributed by atoms with Crippen LogP contribution in [0.1, 0.15) is 38.5 Å². The molecule has 1 nitrogen and oxygen atoms in total. The van der Waals surface area contributed by atoms with Gasteiger partial charge in [0.1, 0.15) is 0 Å². The number of rotatable bonds is 5. The van der Waals surface area contributed by atoms with Gasteiger partial charge in [-0.05, 0) is 5.92 Å². The minimum absolute atomic E-state index is 0.470. The first-order valence-corrected chi connectivity index (χ1v) is 9.16. The van der Waals surface area contributed by atoms with Crippen molar-refractivity contribution in [3.63, 3.8) is 0 Å². The van der Waals surface area contributed by atoms with Crippen molar-refractivity contribution in [2.45, 2.75) is 57.7 Å². The van der Waals surface area contributed by atoms with Gasteiger partial charge in [0, 0.05) is 6.23 Å². The van der Waals surface area contributed by atoms with Gasteiger partial charge in [0.15, 0.2) is 0 Å². The maximum atomic E-state index is 9.15. The lowest BCUT2D eigenvalue weighted by molar-refractivity contribution is 0.357. The van der Waals surface area contributed by atoms with E-state index in [1.807, 2.05) is 0 Å². The van der Waals surface area contributed by atoms with Crippen LogP contribution >= 0.6 is 0 Å². The third kappa shape index (κ3) is 4.27. The molecule has 0 saturated heterocycles. The summed E-state index contributed by atoms with van der Waals surface area (Å²) in [5.41, 5.74) is 0. The van der Waals surface area contributed by atoms with E-state index in [1.165, 1.54) is 44.6 Å². The summed E-state index contributed by atoms with van der Waals surface area (Å²) in [4.78, 5) is 0. The van der Waals surface area contributed by atoms with Gasteiger partial charge in [-0.25, -0.2) is 0 Å². The fourth-order valence-electron chi connectivity index (χ4n) is 2.25. The van der Waals surface area contributed by atoms with Crippen molar-refractivity contribution >= 4 is 8.07 Å². The van der Waals surface area contributed by atoms with E-state index in [0.717, 1.165) is 5.92 Å². The van der Waals surface area contributed by atoms with Crippen LogP contribution in [0.15, 0.2) is 0 Å². The number of hydrogen-bond donors (Lipinski definition) is 1. The zero-order valence-corrected chi connectivity index (χ0v) is 10.2. The molecular weight excluding hydrogens is 176 g/mol. The Morgan fingerprint density at radius 3 is 2.38 bits per heavy atom. The van der Waals surface area contributed by atoms with Crippen LogP contribution < -0.4 is 0 Å². The molecular formula is C11H24OSi. The largest absolute Gasteiger partial charge is 0.400 e. The average Bonchev–Trinajstić information content (AvgIpc) is 2.57. The maximum absolute atomic E-state index is 9.15. The smallest absolute Gasteiger partial charge is 0.0772 e. The van der Waals surface area contributed by atoms with Crippen LogP contribution in [0, 0.1) is 5.92 Å². The molecule has 2 heteroatoms. The molecule has 78 valence electrons. The van der Waals surface area contributed by atoms with Crippen LogP contribution in [0.4, 0.5) is 0 Å². The van der Waals surface area contributed by atoms with Gasteiger partial charge >= 0.3 is 0 Å². The molecule has 0 heterocycles. The lowest BCUT2D eigenvalue weighted by Gasteiger charge is -2.19. The Labute approximate surface area is 83.6 Å². The second-order valence-electron chi connectivity index (χ2n) is 5.37. The zero-order chi connectivity index (χ0) is 9.73. The fourth-order valence-corrected chi connectivity index (χ4v) is 3.57. The quantitative estimate of drug-likeness (QED) is 0.676. The summed E-state index contributed by atoms with van der Waals surface area (Å²) in [6.45, 7) is 4.59. The Morgan fingerprint density at radius 2 is 1.85 bits per heavy atom. The van der Waals surface area contributed by atoms with Crippen LogP contribution in [0.3, 0.4) is 0 Å². The second-order valence-corrected chi connectivity index (χ2v) is 10.5. The van der Waals surface area contributed by atoms with Crippen molar-refractivity contribution in [3.8, 4) is 0 Å². The molecule has 0 spiro atoms. The zero-order valence-electron chi connectivity index (χ0n) is 9.18. The molecule has 1 saturated carbocycles. The van der Waals surface area contributed by atoms with E-state index in [0.29, 0.717) is 6.23 Å². The molecule has 1 fully saturated rings. The van der Waals surface area contributed by atoms with Crippen molar-refractivity contribution in [1.82, 2.24) is 0 Å². The summed E-state index contributed by atoms with van der Waals surface area (Å²) in [7, 11) is -1.19. The van der Waals surface area contributed by atoms with Gasteiger partial charge in [0.05, 0.1) is 8.07 Å². The van der Waals surface area contributed by atoms with Gasteiger partial charge in [0.25, 0.3) is 0 Å². The lowest BCUT2D eigenvalue weighted by atomic mass is 10.0. The molecule has 0 aromatic rings. The molecule has 0 radical (unpaired) electrons. The highest BCUT2D eigenvalue weighted by atomic mass is 28.3. The van der Waals surface area contributed by atoms with Crippen molar-refractivity contribution in [3.05, 3.63) is 0 Å². The summed E-state index contributed by atoms with van der Waals surface area (Å²) >= 11 is 0. The predicted molar refractivity (Wildman–Crippen MR) is 60.6 cm³/mol. The molecule has 0 amide bonds. The first kappa shape index (κ1) is 11.3. The first-order valence-electron chi connectivity index (χ1n) is 5.75. The maximum Gasteiger partial charge on any atom is 0.0772 e. The minimum atomic E-state index is -1.19. The van der Waals surface area contributed by atoms with Gasteiger partial charge < -0.3 is 5.11 Å². The summed E-state index contributed by atoms with van der Waals surface area (Å²) in [6, 6.07) is 1.32. The molecule has 13 heavy (non-hydrogen) atoms. The molecule has 0 aliphatic heterocycles. The Hall–Kier alpha value is 0.177. The fraction of sp³-hybridized carbons (Fsp3) is 1.00. The topological polar surface area (TPSA) is 20.2 Å². The van der Waals surface area contributed by atoms with E-state index >= 15 is 0 Å². The van der Waals surface area contributed by atoms with Crippen LogP contribution in [0.2, 0.25) is 19.1 Å². The highest BCUT2D eigenvalue weighted by Crippen LogP contribution is 2.29. The molecule has 0 aromatic carbocycles. The summed E-state index contributed by atoms with van der Waals surface area (Å²) < 4.78 is 0. The number of aliphatic hydroxyl groups excluding tert-OH is 1. The number of hydrogen-bond acceptors (Lipinski definition) is 1. The Morgan fingerprint density at radius 1 is 1.23 bits per heavy atom. The third-order valence-electron chi connectivity index (χ3n) is 3.37. The van der Waals surface area contributed by atoms with Crippen LogP contribution in [-0.2, 0) is 0 Å². The van der Waals surface area contributed by atoms with Gasteiger partial charge in [-0.1, -0.05) is 57.7 Å². The molecule has 0 bridgehead atoms. The van der Waals surface area contributed by atoms with Gasteiger partial charge in [-0.15, -0.1) is 0 Å². The van der Waals surface area contributed by atoms with Crippen molar-refractivity contribution < 1.29 is 5.11 Å². The van der Waals surface area contributed by atoms with Crippen molar-refractivity contribution in [1.29, 1.82) is 0 Å². The summed E-state index contributed by atoms with van der Waals surface area (Å²) in [5.74, 6) is 1.03. The Kier molecular flexibility index (Phi) is 4.46. The lowest BCUT2D eigenvalue weighted by Crippen LogP contribution is -2.30. The van der Waals surface area contributed by atoms with E-state index in [-0.39, 0.29) is 0 Å². The number of aliphatic hydroxyl groups is 1.